The number of nitrogens with zero attached hydrogens (tertiary/aromatic N) is 2. The van der Waals surface area contributed by atoms with Crippen LogP contribution in [0, 0.1) is 5.92 Å². The molecule has 37 heavy (non-hydrogen) atoms. The van der Waals surface area contributed by atoms with E-state index in [0.29, 0.717) is 18.5 Å². The van der Waals surface area contributed by atoms with E-state index in [1.807, 2.05) is 16.1 Å². The predicted molar refractivity (Wildman–Crippen MR) is 132 cm³/mol. The Balaban J connectivity index is 1.68. The molecule has 0 aliphatic carbocycles. The lowest BCUT2D eigenvalue weighted by molar-refractivity contribution is -0.264. The third-order valence-electron chi connectivity index (χ3n) is 8.31. The zero-order chi connectivity index (χ0) is 25.4. The average Bonchev–Trinajstić information content (AvgIpc) is 3.56. The highest BCUT2D eigenvalue weighted by Crippen LogP contribution is 2.56. The normalized spacial score (nSPS) is 23.9. The zero-order valence-corrected chi connectivity index (χ0v) is 19.9. The standard InChI is InChI=1S/C27H21N3O7/c1-27-16(26(34)37-35-2)9-19(36-27)29-17-5-3-11(31)7-13(17)21-22-15(10-28-25(22)33)20-14-8-12(32)4-6-18(14)30(27)24(20)23(21)29/h3-8,16,19,31-32H,9-10H2,1-2H3,(H,28,33)/t16-,19-,27+/m1/s1. The second-order valence-corrected chi connectivity index (χ2v) is 10.1. The second-order valence-electron chi connectivity index (χ2n) is 10.1. The van der Waals surface area contributed by atoms with Crippen molar-refractivity contribution in [3.05, 3.63) is 47.5 Å². The summed E-state index contributed by atoms with van der Waals surface area (Å²) < 4.78 is 10.8. The summed E-state index contributed by atoms with van der Waals surface area (Å²) in [5.74, 6) is -1.28. The fourth-order valence-corrected chi connectivity index (χ4v) is 6.97. The van der Waals surface area contributed by atoms with E-state index in [-0.39, 0.29) is 17.4 Å². The van der Waals surface area contributed by atoms with Crippen LogP contribution in [-0.2, 0) is 31.6 Å². The van der Waals surface area contributed by atoms with Crippen LogP contribution in [0.25, 0.3) is 43.6 Å². The number of carbonyl (C=O) groups is 2. The van der Waals surface area contributed by atoms with E-state index in [9.17, 15) is 19.8 Å². The number of aromatic hydroxyl groups is 2. The number of hydrogen-bond donors (Lipinski definition) is 3. The molecule has 3 N–H and O–H groups in total. The highest BCUT2D eigenvalue weighted by Gasteiger charge is 2.56. The molecule has 0 spiro atoms. The molecule has 0 saturated carbocycles. The van der Waals surface area contributed by atoms with Gasteiger partial charge in [0.25, 0.3) is 5.91 Å². The Kier molecular flexibility index (Phi) is 3.68. The number of rotatable bonds is 2. The SMILES string of the molecule is COOC(=O)[C@H]1C[C@H]2O[C@]1(C)n1c3ccc(O)cc3c3c4c(c5c6cc(O)ccc6n2c5c31)C(=O)NC4. The minimum absolute atomic E-state index is 0.0834. The number of carbonyl (C=O) groups excluding carboxylic acids is 2. The van der Waals surface area contributed by atoms with Crippen LogP contribution in [-0.4, -0.2) is 38.3 Å². The van der Waals surface area contributed by atoms with Gasteiger partial charge in [-0.15, -0.1) is 0 Å². The monoisotopic (exact) mass is 499 g/mol. The molecule has 1 fully saturated rings. The number of phenols is 2. The van der Waals surface area contributed by atoms with Gasteiger partial charge in [0.1, 0.15) is 23.6 Å². The van der Waals surface area contributed by atoms with Gasteiger partial charge in [-0.1, -0.05) is 0 Å². The zero-order valence-electron chi connectivity index (χ0n) is 19.9. The molecule has 5 aromatic rings. The first-order valence-corrected chi connectivity index (χ1v) is 12.0. The number of benzene rings is 3. The summed E-state index contributed by atoms with van der Waals surface area (Å²) in [6, 6.07) is 10.2. The van der Waals surface area contributed by atoms with E-state index in [2.05, 4.69) is 5.32 Å². The molecular weight excluding hydrogens is 478 g/mol. The quantitative estimate of drug-likeness (QED) is 0.249. The van der Waals surface area contributed by atoms with Crippen LogP contribution < -0.4 is 5.32 Å². The first kappa shape index (κ1) is 20.9. The molecule has 10 heteroatoms. The molecule has 3 atom stereocenters. The molecule has 3 aromatic carbocycles. The lowest BCUT2D eigenvalue weighted by atomic mass is 9.93. The predicted octanol–water partition coefficient (Wildman–Crippen LogP) is 3.88. The number of phenolic OH excluding ortho intramolecular Hbond substituents is 2. The summed E-state index contributed by atoms with van der Waals surface area (Å²) >= 11 is 0. The molecule has 1 amide bonds. The summed E-state index contributed by atoms with van der Waals surface area (Å²) in [7, 11) is 1.29. The minimum atomic E-state index is -1.16. The summed E-state index contributed by atoms with van der Waals surface area (Å²) in [5.41, 5.74) is 3.31. The molecule has 5 heterocycles. The van der Waals surface area contributed by atoms with E-state index >= 15 is 0 Å². The second kappa shape index (κ2) is 6.53. The van der Waals surface area contributed by atoms with Crippen molar-refractivity contribution in [2.75, 3.05) is 7.11 Å². The molecule has 2 aromatic heterocycles. The van der Waals surface area contributed by atoms with Gasteiger partial charge in [0, 0.05) is 34.5 Å². The van der Waals surface area contributed by atoms with Crippen molar-refractivity contribution < 1.29 is 34.3 Å². The third-order valence-corrected chi connectivity index (χ3v) is 8.31. The third kappa shape index (κ3) is 2.29. The summed E-state index contributed by atoms with van der Waals surface area (Å²) in [4.78, 5) is 36.2. The van der Waals surface area contributed by atoms with Gasteiger partial charge in [-0.25, -0.2) is 4.79 Å². The number of aromatic nitrogens is 2. The minimum Gasteiger partial charge on any atom is -0.508 e. The van der Waals surface area contributed by atoms with E-state index in [1.54, 1.807) is 36.4 Å². The van der Waals surface area contributed by atoms with Gasteiger partial charge in [-0.05, 0) is 48.9 Å². The Morgan fingerprint density at radius 3 is 2.51 bits per heavy atom. The summed E-state index contributed by atoms with van der Waals surface area (Å²) in [5, 5.41) is 26.9. The van der Waals surface area contributed by atoms with Crippen LogP contribution >= 0.6 is 0 Å². The highest BCUT2D eigenvalue weighted by molar-refractivity contribution is 6.31. The van der Waals surface area contributed by atoms with Crippen molar-refractivity contribution in [2.45, 2.75) is 31.8 Å². The highest BCUT2D eigenvalue weighted by atomic mass is 17.2. The molecule has 3 aliphatic heterocycles. The number of fused-ring (bicyclic) bond motifs is 13. The molecular formula is C27H21N3O7. The van der Waals surface area contributed by atoms with Crippen molar-refractivity contribution >= 4 is 55.5 Å². The summed E-state index contributed by atoms with van der Waals surface area (Å²) in [6.45, 7) is 2.18. The molecule has 10 nitrogen and oxygen atoms in total. The van der Waals surface area contributed by atoms with E-state index in [4.69, 9.17) is 14.5 Å². The maximum Gasteiger partial charge on any atom is 0.350 e. The molecule has 0 radical (unpaired) electrons. The number of amides is 1. The number of nitrogens with one attached hydrogen (secondary N) is 1. The van der Waals surface area contributed by atoms with Crippen LogP contribution in [0.1, 0.15) is 35.5 Å². The maximum atomic E-state index is 13.3. The fourth-order valence-electron chi connectivity index (χ4n) is 6.97. The summed E-state index contributed by atoms with van der Waals surface area (Å²) in [6.07, 6.45) is -0.248. The fraction of sp³-hybridized carbons (Fsp3) is 0.259. The maximum absolute atomic E-state index is 13.3. The van der Waals surface area contributed by atoms with Gasteiger partial charge in [-0.3, -0.25) is 9.68 Å². The van der Waals surface area contributed by atoms with Gasteiger partial charge in [0.15, 0.2) is 5.72 Å². The van der Waals surface area contributed by atoms with Gasteiger partial charge >= 0.3 is 5.97 Å². The van der Waals surface area contributed by atoms with Crippen LogP contribution in [0.15, 0.2) is 36.4 Å². The Bertz CT molecular complexity index is 1900. The van der Waals surface area contributed by atoms with Crippen LogP contribution in [0.2, 0.25) is 0 Å². The Labute approximate surface area is 208 Å². The van der Waals surface area contributed by atoms with Crippen molar-refractivity contribution in [1.82, 2.24) is 14.5 Å². The van der Waals surface area contributed by atoms with Crippen molar-refractivity contribution in [3.8, 4) is 11.5 Å². The van der Waals surface area contributed by atoms with Crippen molar-refractivity contribution in [2.24, 2.45) is 5.92 Å². The lowest BCUT2D eigenvalue weighted by Gasteiger charge is -2.31. The molecule has 2 bridgehead atoms. The number of ether oxygens (including phenoxy) is 1. The van der Waals surface area contributed by atoms with E-state index in [0.717, 1.165) is 49.2 Å². The van der Waals surface area contributed by atoms with Gasteiger partial charge in [0.2, 0.25) is 0 Å². The molecule has 1 saturated heterocycles. The first-order chi connectivity index (χ1) is 17.8. The smallest absolute Gasteiger partial charge is 0.350 e. The first-order valence-electron chi connectivity index (χ1n) is 12.0. The molecule has 186 valence electrons. The largest absolute Gasteiger partial charge is 0.508 e. The van der Waals surface area contributed by atoms with Gasteiger partial charge in [0.05, 0.1) is 34.7 Å². The lowest BCUT2D eigenvalue weighted by Crippen LogP contribution is -2.40. The molecule has 0 unspecified atom stereocenters. The average molecular weight is 499 g/mol. The van der Waals surface area contributed by atoms with Crippen molar-refractivity contribution in [3.63, 3.8) is 0 Å². The number of hydrogen-bond acceptors (Lipinski definition) is 7. The van der Waals surface area contributed by atoms with Crippen LogP contribution in [0.5, 0.6) is 11.5 Å². The van der Waals surface area contributed by atoms with E-state index in [1.165, 1.54) is 7.11 Å². The van der Waals surface area contributed by atoms with Crippen LogP contribution in [0.3, 0.4) is 0 Å². The van der Waals surface area contributed by atoms with Gasteiger partial charge in [-0.2, -0.15) is 4.89 Å². The Morgan fingerprint density at radius 1 is 1.08 bits per heavy atom. The Hall–Kier alpha value is -4.28. The van der Waals surface area contributed by atoms with E-state index < -0.39 is 23.8 Å². The molecule has 3 aliphatic rings. The topological polar surface area (TPSA) is 124 Å². The molecule has 8 rings (SSSR count). The van der Waals surface area contributed by atoms with Crippen molar-refractivity contribution in [1.29, 1.82) is 0 Å². The van der Waals surface area contributed by atoms with Gasteiger partial charge < -0.3 is 29.4 Å². The van der Waals surface area contributed by atoms with Crippen LogP contribution in [0.4, 0.5) is 0 Å². The Morgan fingerprint density at radius 2 is 1.78 bits per heavy atom.